The zero-order chi connectivity index (χ0) is 28.4. The normalized spacial score (nSPS) is 20.4. The summed E-state index contributed by atoms with van der Waals surface area (Å²) in [4.78, 5) is 0.106. The molecule has 11 heteroatoms. The van der Waals surface area contributed by atoms with Crippen LogP contribution < -0.4 is 9.47 Å². The topological polar surface area (TPSA) is 113 Å². The van der Waals surface area contributed by atoms with Crippen LogP contribution in [0, 0.1) is 5.92 Å². The number of rotatable bonds is 8. The van der Waals surface area contributed by atoms with Crippen LogP contribution >= 0.6 is 0 Å². The van der Waals surface area contributed by atoms with Crippen molar-refractivity contribution in [2.45, 2.75) is 35.8 Å². The second kappa shape index (κ2) is 11.6. The summed E-state index contributed by atoms with van der Waals surface area (Å²) in [5.41, 5.74) is 1.43. The molecule has 0 unspecified atom stereocenters. The first kappa shape index (κ1) is 29.0. The number of ether oxygens (including phenoxy) is 2. The number of aliphatic hydroxyl groups excluding tert-OH is 1. The van der Waals surface area contributed by atoms with E-state index >= 15 is 0 Å². The minimum absolute atomic E-state index is 0.0158. The highest BCUT2D eigenvalue weighted by Crippen LogP contribution is 2.38. The predicted molar refractivity (Wildman–Crippen MR) is 149 cm³/mol. The van der Waals surface area contributed by atoms with Gasteiger partial charge in [0, 0.05) is 31.1 Å². The van der Waals surface area contributed by atoms with E-state index in [1.807, 2.05) is 31.2 Å². The molecule has 0 spiro atoms. The van der Waals surface area contributed by atoms with E-state index in [9.17, 15) is 21.9 Å². The second-order valence-corrected chi connectivity index (χ2v) is 13.6. The number of fused-ring (bicyclic) bond motifs is 1. The van der Waals surface area contributed by atoms with Crippen molar-refractivity contribution in [2.24, 2.45) is 5.92 Å². The van der Waals surface area contributed by atoms with Gasteiger partial charge in [0.25, 0.3) is 0 Å². The Morgan fingerprint density at radius 3 is 2.44 bits per heavy atom. The first-order valence-electron chi connectivity index (χ1n) is 12.6. The molecule has 3 aromatic carbocycles. The van der Waals surface area contributed by atoms with Crippen LogP contribution in [0.15, 0.2) is 82.6 Å². The predicted octanol–water partition coefficient (Wildman–Crippen LogP) is 3.45. The monoisotopic (exact) mass is 574 g/mol. The van der Waals surface area contributed by atoms with Crippen molar-refractivity contribution in [3.63, 3.8) is 0 Å². The van der Waals surface area contributed by atoms with Gasteiger partial charge in [-0.2, -0.15) is 8.61 Å². The summed E-state index contributed by atoms with van der Waals surface area (Å²) in [6.45, 7) is 3.11. The number of para-hydroxylation sites is 1. The highest BCUT2D eigenvalue weighted by atomic mass is 32.2. The highest BCUT2D eigenvalue weighted by molar-refractivity contribution is 7.89. The molecule has 210 valence electrons. The Morgan fingerprint density at radius 2 is 1.77 bits per heavy atom. The van der Waals surface area contributed by atoms with Gasteiger partial charge in [-0.3, -0.25) is 0 Å². The smallest absolute Gasteiger partial charge is 0.247 e. The molecule has 4 rings (SSSR count). The van der Waals surface area contributed by atoms with E-state index in [0.29, 0.717) is 11.3 Å². The maximum atomic E-state index is 13.8. The number of likely N-dealkylation sites (N-methyl/N-ethyl adjacent to an activating group) is 1. The summed E-state index contributed by atoms with van der Waals surface area (Å²) in [7, 11) is -4.81. The lowest BCUT2D eigenvalue weighted by molar-refractivity contribution is 0.0905. The third kappa shape index (κ3) is 5.82. The SMILES string of the molecule is COc1ccccc1-c1ccc2c(c1)O[C@@H](CN(C)S(=O)(=O)c1ccccc1)[C@@H](C)CN([C@@H](C)CO)S2(=O)=O. The average Bonchev–Trinajstić information content (AvgIpc) is 2.94. The van der Waals surface area contributed by atoms with Crippen LogP contribution in [-0.4, -0.2) is 76.6 Å². The van der Waals surface area contributed by atoms with Crippen molar-refractivity contribution in [2.75, 3.05) is 33.9 Å². The maximum absolute atomic E-state index is 13.8. The molecule has 0 aromatic heterocycles. The molecule has 0 amide bonds. The average molecular weight is 575 g/mol. The number of methoxy groups -OCH3 is 1. The van der Waals surface area contributed by atoms with Crippen LogP contribution in [0.5, 0.6) is 11.5 Å². The van der Waals surface area contributed by atoms with Gasteiger partial charge in [-0.1, -0.05) is 49.4 Å². The van der Waals surface area contributed by atoms with Gasteiger partial charge in [0.15, 0.2) is 0 Å². The van der Waals surface area contributed by atoms with Gasteiger partial charge in [0.05, 0.1) is 25.2 Å². The zero-order valence-electron chi connectivity index (χ0n) is 22.4. The fraction of sp³-hybridized carbons (Fsp3) is 0.357. The Bertz CT molecular complexity index is 1510. The van der Waals surface area contributed by atoms with E-state index in [0.717, 1.165) is 5.56 Å². The molecule has 3 aromatic rings. The molecule has 0 bridgehead atoms. The number of hydrogen-bond donors (Lipinski definition) is 1. The summed E-state index contributed by atoms with van der Waals surface area (Å²) in [5, 5.41) is 9.87. The summed E-state index contributed by atoms with van der Waals surface area (Å²) in [6.07, 6.45) is -0.691. The number of aliphatic hydroxyl groups is 1. The molecule has 1 aliphatic rings. The standard InChI is InChI=1S/C28H34N2O7S2/c1-20-17-30(21(2)19-31)39(34,35)28-15-14-22(24-12-8-9-13-25(24)36-4)16-26(28)37-27(20)18-29(3)38(32,33)23-10-6-5-7-11-23/h5-16,20-21,27,31H,17-19H2,1-4H3/t20-,21-,27-/m0/s1. The lowest BCUT2D eigenvalue weighted by atomic mass is 10.0. The quantitative estimate of drug-likeness (QED) is 0.438. The number of hydrogen-bond acceptors (Lipinski definition) is 7. The third-order valence-corrected chi connectivity index (χ3v) is 10.8. The molecular weight excluding hydrogens is 540 g/mol. The summed E-state index contributed by atoms with van der Waals surface area (Å²) in [6, 6.07) is 19.6. The van der Waals surface area contributed by atoms with Gasteiger partial charge in [0.1, 0.15) is 22.5 Å². The Kier molecular flexibility index (Phi) is 8.67. The molecular formula is C28H34N2O7S2. The lowest BCUT2D eigenvalue weighted by Crippen LogP contribution is -2.50. The molecule has 0 aliphatic carbocycles. The third-order valence-electron chi connectivity index (χ3n) is 6.97. The first-order chi connectivity index (χ1) is 18.5. The van der Waals surface area contributed by atoms with Crippen LogP contribution in [0.4, 0.5) is 0 Å². The van der Waals surface area contributed by atoms with Gasteiger partial charge in [0.2, 0.25) is 20.0 Å². The minimum atomic E-state index is -4.04. The van der Waals surface area contributed by atoms with Crippen LogP contribution in [0.2, 0.25) is 0 Å². The van der Waals surface area contributed by atoms with E-state index in [2.05, 4.69) is 0 Å². The molecule has 0 saturated carbocycles. The van der Waals surface area contributed by atoms with E-state index in [1.54, 1.807) is 44.4 Å². The largest absolute Gasteiger partial charge is 0.496 e. The van der Waals surface area contributed by atoms with E-state index in [1.165, 1.54) is 33.9 Å². The maximum Gasteiger partial charge on any atom is 0.247 e. The summed E-state index contributed by atoms with van der Waals surface area (Å²) >= 11 is 0. The molecule has 3 atom stereocenters. The van der Waals surface area contributed by atoms with Gasteiger partial charge >= 0.3 is 0 Å². The molecule has 1 aliphatic heterocycles. The molecule has 1 N–H and O–H groups in total. The Labute approximate surface area is 230 Å². The molecule has 0 fully saturated rings. The minimum Gasteiger partial charge on any atom is -0.496 e. The van der Waals surface area contributed by atoms with Gasteiger partial charge < -0.3 is 14.6 Å². The van der Waals surface area contributed by atoms with E-state index in [-0.39, 0.29) is 35.2 Å². The van der Waals surface area contributed by atoms with Gasteiger partial charge in [-0.05, 0) is 42.8 Å². The van der Waals surface area contributed by atoms with Crippen LogP contribution in [0.1, 0.15) is 13.8 Å². The van der Waals surface area contributed by atoms with Gasteiger partial charge in [-0.25, -0.2) is 16.8 Å². The molecule has 0 radical (unpaired) electrons. The zero-order valence-corrected chi connectivity index (χ0v) is 24.0. The highest BCUT2D eigenvalue weighted by Gasteiger charge is 2.39. The fourth-order valence-corrected chi connectivity index (χ4v) is 7.65. The van der Waals surface area contributed by atoms with Crippen molar-refractivity contribution in [1.82, 2.24) is 8.61 Å². The molecule has 39 heavy (non-hydrogen) atoms. The van der Waals surface area contributed by atoms with Crippen LogP contribution in [-0.2, 0) is 20.0 Å². The van der Waals surface area contributed by atoms with Crippen molar-refractivity contribution >= 4 is 20.0 Å². The van der Waals surface area contributed by atoms with Crippen molar-refractivity contribution < 1.29 is 31.4 Å². The Morgan fingerprint density at radius 1 is 1.10 bits per heavy atom. The molecule has 0 saturated heterocycles. The first-order valence-corrected chi connectivity index (χ1v) is 15.5. The van der Waals surface area contributed by atoms with Crippen molar-refractivity contribution in [3.8, 4) is 22.6 Å². The summed E-state index contributed by atoms with van der Waals surface area (Å²) < 4.78 is 68.4. The summed E-state index contributed by atoms with van der Waals surface area (Å²) in [5.74, 6) is 0.307. The van der Waals surface area contributed by atoms with Crippen molar-refractivity contribution in [3.05, 3.63) is 72.8 Å². The second-order valence-electron chi connectivity index (χ2n) is 9.70. The number of sulfonamides is 2. The van der Waals surface area contributed by atoms with E-state index in [4.69, 9.17) is 9.47 Å². The number of benzene rings is 3. The number of nitrogens with zero attached hydrogens (tertiary/aromatic N) is 2. The van der Waals surface area contributed by atoms with Crippen LogP contribution in [0.3, 0.4) is 0 Å². The van der Waals surface area contributed by atoms with Gasteiger partial charge in [-0.15, -0.1) is 0 Å². The Hall–Kier alpha value is -2.96. The Balaban J connectivity index is 1.80. The molecule has 1 heterocycles. The lowest BCUT2D eigenvalue weighted by Gasteiger charge is -2.37. The van der Waals surface area contributed by atoms with E-state index < -0.39 is 38.1 Å². The fourth-order valence-electron chi connectivity index (χ4n) is 4.62. The van der Waals surface area contributed by atoms with Crippen LogP contribution in [0.25, 0.3) is 11.1 Å². The molecule has 9 nitrogen and oxygen atoms in total. The van der Waals surface area contributed by atoms with Crippen molar-refractivity contribution in [1.29, 1.82) is 0 Å².